The zero-order chi connectivity index (χ0) is 18.6. The number of hydrogen-bond acceptors (Lipinski definition) is 5. The number of halogens is 1. The van der Waals surface area contributed by atoms with E-state index in [1.165, 1.54) is 4.90 Å². The molecule has 0 aliphatic carbocycles. The highest BCUT2D eigenvalue weighted by Crippen LogP contribution is 2.22. The summed E-state index contributed by atoms with van der Waals surface area (Å²) in [4.78, 5) is 24.8. The van der Waals surface area contributed by atoms with Crippen molar-refractivity contribution in [2.45, 2.75) is 52.1 Å². The zero-order valence-corrected chi connectivity index (χ0v) is 16.6. The molecule has 26 heavy (non-hydrogen) atoms. The van der Waals surface area contributed by atoms with E-state index in [2.05, 4.69) is 10.4 Å². The van der Waals surface area contributed by atoms with Crippen LogP contribution in [0.1, 0.15) is 50.3 Å². The number of piperazine rings is 1. The van der Waals surface area contributed by atoms with Gasteiger partial charge in [-0.3, -0.25) is 4.68 Å². The van der Waals surface area contributed by atoms with Gasteiger partial charge in [0.05, 0.1) is 12.3 Å². The zero-order valence-electron chi connectivity index (χ0n) is 15.8. The fraction of sp³-hybridized carbons (Fsp3) is 0.706. The molecule has 0 radical (unpaired) electrons. The highest BCUT2D eigenvalue weighted by Gasteiger charge is 2.26. The van der Waals surface area contributed by atoms with Gasteiger partial charge in [-0.25, -0.2) is 9.59 Å². The van der Waals surface area contributed by atoms with Gasteiger partial charge < -0.3 is 20.1 Å². The Hall–Kier alpha value is -1.80. The van der Waals surface area contributed by atoms with Gasteiger partial charge in [0.2, 0.25) is 0 Å². The lowest BCUT2D eigenvalue weighted by Crippen LogP contribution is -2.52. The summed E-state index contributed by atoms with van der Waals surface area (Å²) in [5.74, 6) is -0.380. The Bertz CT molecular complexity index is 627. The Labute approximate surface area is 160 Å². The Morgan fingerprint density at radius 2 is 2.12 bits per heavy atom. The van der Waals surface area contributed by atoms with Crippen LogP contribution in [0.3, 0.4) is 0 Å². The van der Waals surface area contributed by atoms with Crippen LogP contribution in [0.4, 0.5) is 4.79 Å². The minimum atomic E-state index is -0.896. The van der Waals surface area contributed by atoms with Crippen molar-refractivity contribution in [3.8, 4) is 0 Å². The third-order valence-corrected chi connectivity index (χ3v) is 4.25. The molecule has 1 saturated heterocycles. The smallest absolute Gasteiger partial charge is 0.407 e. The van der Waals surface area contributed by atoms with Crippen LogP contribution >= 0.6 is 12.4 Å². The summed E-state index contributed by atoms with van der Waals surface area (Å²) in [7, 11) is 0. The molecule has 2 rings (SSSR count). The van der Waals surface area contributed by atoms with Gasteiger partial charge in [0, 0.05) is 37.6 Å². The molecule has 1 aromatic rings. The highest BCUT2D eigenvalue weighted by atomic mass is 35.5. The average Bonchev–Trinajstić information content (AvgIpc) is 2.98. The number of esters is 1. The van der Waals surface area contributed by atoms with Gasteiger partial charge in [-0.1, -0.05) is 20.8 Å². The number of carbonyl (C=O) groups is 2. The van der Waals surface area contributed by atoms with Crippen molar-refractivity contribution in [2.24, 2.45) is 0 Å². The number of amides is 1. The molecule has 9 heteroatoms. The highest BCUT2D eigenvalue weighted by molar-refractivity contribution is 5.87. The van der Waals surface area contributed by atoms with E-state index in [9.17, 15) is 9.59 Å². The van der Waals surface area contributed by atoms with Crippen molar-refractivity contribution in [1.29, 1.82) is 0 Å². The molecular formula is C17H29ClN4O4. The first kappa shape index (κ1) is 22.2. The van der Waals surface area contributed by atoms with Gasteiger partial charge in [-0.2, -0.15) is 5.10 Å². The number of carboxylic acid groups (broad SMARTS) is 1. The second-order valence-corrected chi connectivity index (χ2v) is 7.28. The maximum absolute atomic E-state index is 12.2. The van der Waals surface area contributed by atoms with Crippen LogP contribution in [0.2, 0.25) is 0 Å². The van der Waals surface area contributed by atoms with Crippen LogP contribution in [-0.4, -0.2) is 64.1 Å². The van der Waals surface area contributed by atoms with Gasteiger partial charge in [0.1, 0.15) is 5.69 Å². The van der Waals surface area contributed by atoms with Crippen molar-refractivity contribution in [3.63, 3.8) is 0 Å². The van der Waals surface area contributed by atoms with E-state index in [0.29, 0.717) is 44.9 Å². The normalized spacial score (nSPS) is 17.5. The van der Waals surface area contributed by atoms with E-state index in [4.69, 9.17) is 9.84 Å². The number of carbonyl (C=O) groups excluding carboxylic acids is 1. The lowest BCUT2D eigenvalue weighted by atomic mass is 9.92. The van der Waals surface area contributed by atoms with Crippen molar-refractivity contribution >= 4 is 24.5 Å². The molecule has 0 unspecified atom stereocenters. The summed E-state index contributed by atoms with van der Waals surface area (Å²) in [5.41, 5.74) is 1.10. The minimum absolute atomic E-state index is 0. The number of aryl methyl sites for hydroxylation is 1. The van der Waals surface area contributed by atoms with Crippen LogP contribution in [0.25, 0.3) is 0 Å². The van der Waals surface area contributed by atoms with Gasteiger partial charge in [0.25, 0.3) is 0 Å². The number of ether oxygens (including phenoxy) is 1. The van der Waals surface area contributed by atoms with E-state index in [0.717, 1.165) is 5.69 Å². The Kier molecular flexibility index (Phi) is 7.89. The Balaban J connectivity index is 0.00000338. The standard InChI is InChI=1S/C17H28N4O4.ClH/c1-5-25-15(22)13-10-14(17(2,3)4)19-21(13)8-6-12-11-20(16(23)24)9-7-18-12;/h10,12,18H,5-9,11H2,1-4H3,(H,23,24);1H/t12-;/m1./s1. The van der Waals surface area contributed by atoms with E-state index in [1.54, 1.807) is 17.7 Å². The molecule has 2 N–H and O–H groups in total. The molecule has 1 aromatic heterocycles. The van der Waals surface area contributed by atoms with Crippen LogP contribution in [0, 0.1) is 0 Å². The first-order valence-corrected chi connectivity index (χ1v) is 8.69. The maximum Gasteiger partial charge on any atom is 0.407 e. The number of nitrogens with one attached hydrogen (secondary N) is 1. The molecule has 0 aromatic carbocycles. The van der Waals surface area contributed by atoms with E-state index < -0.39 is 6.09 Å². The van der Waals surface area contributed by atoms with Crippen molar-refractivity contribution < 1.29 is 19.4 Å². The van der Waals surface area contributed by atoms with E-state index in [-0.39, 0.29) is 29.8 Å². The SMILES string of the molecule is CCOC(=O)c1cc(C(C)(C)C)nn1CC[C@@H]1CN(C(=O)O)CCN1.Cl. The predicted molar refractivity (Wildman–Crippen MR) is 100 cm³/mol. The molecule has 148 valence electrons. The summed E-state index contributed by atoms with van der Waals surface area (Å²) in [6.07, 6.45) is -0.214. The van der Waals surface area contributed by atoms with Crippen LogP contribution < -0.4 is 5.32 Å². The van der Waals surface area contributed by atoms with Crippen molar-refractivity contribution in [3.05, 3.63) is 17.5 Å². The van der Waals surface area contributed by atoms with Gasteiger partial charge in [-0.15, -0.1) is 12.4 Å². The number of nitrogens with zero attached hydrogens (tertiary/aromatic N) is 3. The first-order chi connectivity index (χ1) is 11.7. The summed E-state index contributed by atoms with van der Waals surface area (Å²) < 4.78 is 6.81. The average molecular weight is 389 g/mol. The third kappa shape index (κ3) is 5.60. The van der Waals surface area contributed by atoms with E-state index in [1.807, 2.05) is 20.8 Å². The molecule has 1 atom stereocenters. The van der Waals surface area contributed by atoms with Crippen LogP contribution in [0.5, 0.6) is 0 Å². The number of hydrogen-bond donors (Lipinski definition) is 2. The molecule has 2 heterocycles. The van der Waals surface area contributed by atoms with E-state index >= 15 is 0 Å². The molecule has 1 fully saturated rings. The van der Waals surface area contributed by atoms with Gasteiger partial charge in [-0.05, 0) is 19.4 Å². The maximum atomic E-state index is 12.2. The molecule has 0 spiro atoms. The van der Waals surface area contributed by atoms with Crippen LogP contribution in [-0.2, 0) is 16.7 Å². The summed E-state index contributed by atoms with van der Waals surface area (Å²) in [6.45, 7) is 10.3. The topological polar surface area (TPSA) is 96.7 Å². The lowest BCUT2D eigenvalue weighted by molar-refractivity contribution is 0.0511. The third-order valence-electron chi connectivity index (χ3n) is 4.25. The summed E-state index contributed by atoms with van der Waals surface area (Å²) >= 11 is 0. The molecule has 0 bridgehead atoms. The molecule has 1 aliphatic heterocycles. The molecule has 1 aliphatic rings. The van der Waals surface area contributed by atoms with Gasteiger partial charge >= 0.3 is 12.1 Å². The van der Waals surface area contributed by atoms with Crippen molar-refractivity contribution in [1.82, 2.24) is 20.0 Å². The first-order valence-electron chi connectivity index (χ1n) is 8.69. The monoisotopic (exact) mass is 388 g/mol. The lowest BCUT2D eigenvalue weighted by Gasteiger charge is -2.31. The molecule has 0 saturated carbocycles. The molecule has 8 nitrogen and oxygen atoms in total. The van der Waals surface area contributed by atoms with Crippen molar-refractivity contribution in [2.75, 3.05) is 26.2 Å². The summed E-state index contributed by atoms with van der Waals surface area (Å²) in [6, 6.07) is 1.83. The second-order valence-electron chi connectivity index (χ2n) is 7.28. The fourth-order valence-electron chi connectivity index (χ4n) is 2.79. The Morgan fingerprint density at radius 3 is 2.69 bits per heavy atom. The van der Waals surface area contributed by atoms with Gasteiger partial charge in [0.15, 0.2) is 0 Å². The quantitative estimate of drug-likeness (QED) is 0.750. The number of rotatable bonds is 5. The molecule has 1 amide bonds. The van der Waals surface area contributed by atoms with Crippen LogP contribution in [0.15, 0.2) is 6.07 Å². The minimum Gasteiger partial charge on any atom is -0.465 e. The predicted octanol–water partition coefficient (Wildman–Crippen LogP) is 2.12. The number of aromatic nitrogens is 2. The Morgan fingerprint density at radius 1 is 1.42 bits per heavy atom. The largest absolute Gasteiger partial charge is 0.465 e. The summed E-state index contributed by atoms with van der Waals surface area (Å²) in [5, 5.41) is 17.0. The second kappa shape index (κ2) is 9.23. The molecular weight excluding hydrogens is 360 g/mol. The fourth-order valence-corrected chi connectivity index (χ4v) is 2.79.